The molecule has 2 aliphatic heterocycles. The van der Waals surface area contributed by atoms with Crippen molar-refractivity contribution >= 4 is 11.7 Å². The zero-order chi connectivity index (χ0) is 19.1. The first kappa shape index (κ1) is 18.9. The number of aromatic nitrogens is 2. The summed E-state index contributed by atoms with van der Waals surface area (Å²) < 4.78 is 39.4. The van der Waals surface area contributed by atoms with Crippen LogP contribution in [0.25, 0.3) is 0 Å². The van der Waals surface area contributed by atoms with E-state index in [4.69, 9.17) is 0 Å². The lowest BCUT2D eigenvalue weighted by Gasteiger charge is -2.48. The zero-order valence-corrected chi connectivity index (χ0v) is 15.5. The third-order valence-corrected chi connectivity index (χ3v) is 5.71. The quantitative estimate of drug-likeness (QED) is 0.801. The van der Waals surface area contributed by atoms with Crippen LogP contribution in [0.5, 0.6) is 0 Å². The molecular weight excluding hydrogens is 345 g/mol. The van der Waals surface area contributed by atoms with Gasteiger partial charge in [0.15, 0.2) is 0 Å². The molecule has 8 heteroatoms. The minimum Gasteiger partial charge on any atom is -0.356 e. The number of carbonyl (C=O) groups excluding carboxylic acids is 1. The minimum atomic E-state index is -4.56. The van der Waals surface area contributed by atoms with Crippen molar-refractivity contribution in [2.45, 2.75) is 52.6 Å². The van der Waals surface area contributed by atoms with Crippen molar-refractivity contribution in [3.8, 4) is 0 Å². The van der Waals surface area contributed by atoms with E-state index in [1.807, 2.05) is 16.7 Å². The number of anilines is 1. The van der Waals surface area contributed by atoms with E-state index in [1.54, 1.807) is 13.8 Å². The molecule has 1 amide bonds. The van der Waals surface area contributed by atoms with E-state index in [9.17, 15) is 18.0 Å². The molecule has 2 saturated heterocycles. The van der Waals surface area contributed by atoms with E-state index >= 15 is 0 Å². The Bertz CT molecular complexity index is 706. The van der Waals surface area contributed by atoms with Crippen LogP contribution in [-0.2, 0) is 11.0 Å². The maximum atomic E-state index is 13.1. The van der Waals surface area contributed by atoms with Gasteiger partial charge in [-0.25, -0.2) is 9.97 Å². The molecule has 1 aromatic rings. The summed E-state index contributed by atoms with van der Waals surface area (Å²) >= 11 is 0. The monoisotopic (exact) mass is 370 g/mol. The van der Waals surface area contributed by atoms with Gasteiger partial charge in [0.2, 0.25) is 11.7 Å². The number of halogens is 3. The Hall–Kier alpha value is -1.86. The molecule has 144 valence electrons. The first-order chi connectivity index (χ1) is 12.1. The van der Waals surface area contributed by atoms with E-state index in [0.717, 1.165) is 19.3 Å². The van der Waals surface area contributed by atoms with Crippen molar-refractivity contribution in [3.63, 3.8) is 0 Å². The number of hydrogen-bond donors (Lipinski definition) is 0. The van der Waals surface area contributed by atoms with Crippen LogP contribution >= 0.6 is 0 Å². The van der Waals surface area contributed by atoms with E-state index in [-0.39, 0.29) is 11.3 Å². The number of aryl methyl sites for hydroxylation is 1. The number of rotatable bonds is 2. The fourth-order valence-electron chi connectivity index (χ4n) is 4.16. The number of carbonyl (C=O) groups is 1. The third kappa shape index (κ3) is 3.50. The Balaban J connectivity index is 1.91. The standard InChI is InChI=1S/C18H25F3N4O/c1-4-24-10-17(8-6-14(24)26)7-5-9-25(11-17)15-12(2)13(3)22-16(23-15)18(19,20)21/h4-11H2,1-3H3/t17-/m1/s1. The molecule has 0 aliphatic carbocycles. The van der Waals surface area contributed by atoms with Gasteiger partial charge in [-0.1, -0.05) is 0 Å². The summed E-state index contributed by atoms with van der Waals surface area (Å²) in [6, 6.07) is 0. The summed E-state index contributed by atoms with van der Waals surface area (Å²) in [6.07, 6.45) is -1.39. The summed E-state index contributed by atoms with van der Waals surface area (Å²) in [6.45, 7) is 7.98. The van der Waals surface area contributed by atoms with Crippen LogP contribution in [0, 0.1) is 19.3 Å². The lowest BCUT2D eigenvalue weighted by molar-refractivity contribution is -0.145. The van der Waals surface area contributed by atoms with Gasteiger partial charge in [0, 0.05) is 49.3 Å². The molecular formula is C18H25F3N4O. The maximum absolute atomic E-state index is 13.1. The first-order valence-electron chi connectivity index (χ1n) is 9.10. The highest BCUT2D eigenvalue weighted by molar-refractivity contribution is 5.77. The van der Waals surface area contributed by atoms with Crippen molar-refractivity contribution < 1.29 is 18.0 Å². The zero-order valence-electron chi connectivity index (χ0n) is 15.5. The van der Waals surface area contributed by atoms with Gasteiger partial charge in [0.1, 0.15) is 5.82 Å². The molecule has 1 aromatic heterocycles. The number of nitrogens with zero attached hydrogens (tertiary/aromatic N) is 4. The highest BCUT2D eigenvalue weighted by atomic mass is 19.4. The fraction of sp³-hybridized carbons (Fsp3) is 0.722. The lowest BCUT2D eigenvalue weighted by atomic mass is 9.73. The number of likely N-dealkylation sites (tertiary alicyclic amines) is 1. The average molecular weight is 370 g/mol. The Kier molecular flexibility index (Phi) is 4.88. The molecule has 0 radical (unpaired) electrons. The Morgan fingerprint density at radius 2 is 1.88 bits per heavy atom. The Morgan fingerprint density at radius 3 is 2.54 bits per heavy atom. The van der Waals surface area contributed by atoms with Crippen LogP contribution in [0.3, 0.4) is 0 Å². The van der Waals surface area contributed by atoms with Crippen LogP contribution in [0.4, 0.5) is 19.0 Å². The third-order valence-electron chi connectivity index (χ3n) is 5.71. The molecule has 3 rings (SSSR count). The van der Waals surface area contributed by atoms with Crippen molar-refractivity contribution in [1.82, 2.24) is 14.9 Å². The SMILES string of the molecule is CCN1C[C@@]2(CCCN(c3nc(C(F)(F)F)nc(C)c3C)C2)CCC1=O. The predicted molar refractivity (Wildman–Crippen MR) is 91.9 cm³/mol. The van der Waals surface area contributed by atoms with Gasteiger partial charge in [-0.15, -0.1) is 0 Å². The van der Waals surface area contributed by atoms with Crippen LogP contribution in [0.2, 0.25) is 0 Å². The molecule has 0 unspecified atom stereocenters. The van der Waals surface area contributed by atoms with E-state index in [0.29, 0.717) is 49.7 Å². The molecule has 0 saturated carbocycles. The van der Waals surface area contributed by atoms with Gasteiger partial charge in [0.25, 0.3) is 0 Å². The van der Waals surface area contributed by atoms with Crippen molar-refractivity contribution in [2.75, 3.05) is 31.1 Å². The second kappa shape index (κ2) is 6.70. The first-order valence-corrected chi connectivity index (χ1v) is 9.10. The molecule has 1 atom stereocenters. The van der Waals surface area contributed by atoms with Crippen LogP contribution in [0.15, 0.2) is 0 Å². The molecule has 2 aliphatic rings. The summed E-state index contributed by atoms with van der Waals surface area (Å²) in [5.74, 6) is -0.531. The second-order valence-electron chi connectivity index (χ2n) is 7.51. The average Bonchev–Trinajstić information content (AvgIpc) is 2.59. The molecule has 0 bridgehead atoms. The van der Waals surface area contributed by atoms with Crippen molar-refractivity contribution in [1.29, 1.82) is 0 Å². The summed E-state index contributed by atoms with van der Waals surface area (Å²) in [5.41, 5.74) is 0.983. The molecule has 1 spiro atoms. The number of hydrogen-bond acceptors (Lipinski definition) is 4. The topological polar surface area (TPSA) is 49.3 Å². The van der Waals surface area contributed by atoms with E-state index in [1.165, 1.54) is 0 Å². The number of piperidine rings is 2. The molecule has 0 N–H and O–H groups in total. The van der Waals surface area contributed by atoms with Crippen molar-refractivity contribution in [2.24, 2.45) is 5.41 Å². The maximum Gasteiger partial charge on any atom is 0.451 e. The molecule has 26 heavy (non-hydrogen) atoms. The normalized spacial score (nSPS) is 24.5. The largest absolute Gasteiger partial charge is 0.451 e. The van der Waals surface area contributed by atoms with Crippen molar-refractivity contribution in [3.05, 3.63) is 17.1 Å². The van der Waals surface area contributed by atoms with E-state index < -0.39 is 12.0 Å². The van der Waals surface area contributed by atoms with Crippen LogP contribution in [-0.4, -0.2) is 47.0 Å². The lowest BCUT2D eigenvalue weighted by Crippen LogP contribution is -2.54. The molecule has 2 fully saturated rings. The van der Waals surface area contributed by atoms with Gasteiger partial charge in [-0.05, 0) is 40.0 Å². The van der Waals surface area contributed by atoms with Gasteiger partial charge in [-0.3, -0.25) is 4.79 Å². The summed E-state index contributed by atoms with van der Waals surface area (Å²) in [4.78, 5) is 23.3. The van der Waals surface area contributed by atoms with Gasteiger partial charge in [0.05, 0.1) is 0 Å². The minimum absolute atomic E-state index is 0.0636. The predicted octanol–water partition coefficient (Wildman–Crippen LogP) is 3.34. The fourth-order valence-corrected chi connectivity index (χ4v) is 4.16. The van der Waals surface area contributed by atoms with Gasteiger partial charge < -0.3 is 9.80 Å². The highest BCUT2D eigenvalue weighted by Gasteiger charge is 2.42. The Morgan fingerprint density at radius 1 is 1.15 bits per heavy atom. The smallest absolute Gasteiger partial charge is 0.356 e. The van der Waals surface area contributed by atoms with Gasteiger partial charge in [-0.2, -0.15) is 13.2 Å². The molecule has 5 nitrogen and oxygen atoms in total. The van der Waals surface area contributed by atoms with Gasteiger partial charge >= 0.3 is 6.18 Å². The molecule has 3 heterocycles. The van der Waals surface area contributed by atoms with E-state index in [2.05, 4.69) is 9.97 Å². The van der Waals surface area contributed by atoms with Crippen LogP contribution < -0.4 is 4.90 Å². The molecule has 0 aromatic carbocycles. The Labute approximate surface area is 151 Å². The highest BCUT2D eigenvalue weighted by Crippen LogP contribution is 2.41. The number of amides is 1. The second-order valence-corrected chi connectivity index (χ2v) is 7.51. The number of alkyl halides is 3. The van der Waals surface area contributed by atoms with Crippen LogP contribution in [0.1, 0.15) is 49.7 Å². The summed E-state index contributed by atoms with van der Waals surface area (Å²) in [7, 11) is 0. The summed E-state index contributed by atoms with van der Waals surface area (Å²) in [5, 5.41) is 0.